The number of carbonyl (C=O) groups is 1. The Hall–Kier alpha value is -2.77. The van der Waals surface area contributed by atoms with Gasteiger partial charge in [0.05, 0.1) is 38.6 Å². The zero-order chi connectivity index (χ0) is 66.8. The molecule has 19 heteroatoms. The lowest BCUT2D eigenvalue weighted by atomic mass is 9.96. The fourth-order valence-electron chi connectivity index (χ4n) is 11.9. The summed E-state index contributed by atoms with van der Waals surface area (Å²) in [5, 5.41) is 120. The Labute approximate surface area is 553 Å². The number of carbonyl (C=O) groups excluding carboxylic acids is 1. The molecule has 3 heterocycles. The highest BCUT2D eigenvalue weighted by atomic mass is 16.8. The van der Waals surface area contributed by atoms with Gasteiger partial charge in [0.25, 0.3) is 0 Å². The standard InChI is InChI=1S/C73H129NO18/c1-3-5-7-9-11-12-13-14-15-16-17-18-19-20-21-22-23-24-25-26-27-28-29-30-31-32-33-34-35-36-37-38-39-40-41-42-43-44-45-47-49-51-61(79)74-56(57(78)50-48-46-10-8-6-4-2)55-87-71-67(85)64(82)69(59(53-76)89-71)92-73-68(86)65(83)70(60(54-77)90-73)91-72-66(84)63(81)62(80)58(52-75)88-72/h5,7,11-12,14-15,17-18,20-21,48,50,56-60,62-73,75-78,80-86H,3-4,6,8-10,13,16,19,22-47,49,51-55H2,1-2H3,(H,74,79)/b7-5-,12-11-,15-14-,18-17-,21-20-,50-48+. The average molecular weight is 1310 g/mol. The molecule has 0 saturated carbocycles. The number of allylic oxidation sites excluding steroid dienone is 11. The van der Waals surface area contributed by atoms with Crippen LogP contribution in [0.4, 0.5) is 0 Å². The molecule has 17 atom stereocenters. The van der Waals surface area contributed by atoms with Gasteiger partial charge in [0, 0.05) is 6.42 Å². The third-order valence-corrected chi connectivity index (χ3v) is 17.8. The molecule has 0 aromatic rings. The first-order chi connectivity index (χ1) is 44.8. The number of ether oxygens (including phenoxy) is 6. The van der Waals surface area contributed by atoms with Crippen LogP contribution in [0.5, 0.6) is 0 Å². The van der Waals surface area contributed by atoms with Gasteiger partial charge in [-0.2, -0.15) is 0 Å². The van der Waals surface area contributed by atoms with E-state index < -0.39 is 124 Å². The summed E-state index contributed by atoms with van der Waals surface area (Å²) in [6.07, 6.45) is 42.8. The number of nitrogens with one attached hydrogen (secondary N) is 1. The van der Waals surface area contributed by atoms with Gasteiger partial charge in [-0.1, -0.05) is 254 Å². The zero-order valence-electron chi connectivity index (χ0n) is 56.5. The third-order valence-electron chi connectivity index (χ3n) is 17.8. The molecule has 3 aliphatic rings. The molecule has 0 aliphatic carbocycles. The van der Waals surface area contributed by atoms with Crippen LogP contribution in [0, 0.1) is 0 Å². The Morgan fingerprint density at radius 3 is 1.17 bits per heavy atom. The van der Waals surface area contributed by atoms with E-state index in [0.29, 0.717) is 6.42 Å². The molecule has 3 rings (SSSR count). The normalized spacial score (nSPS) is 28.1. The molecule has 3 aliphatic heterocycles. The molecule has 0 bridgehead atoms. The van der Waals surface area contributed by atoms with Gasteiger partial charge in [0.1, 0.15) is 73.2 Å². The summed E-state index contributed by atoms with van der Waals surface area (Å²) in [4.78, 5) is 13.3. The van der Waals surface area contributed by atoms with E-state index in [1.54, 1.807) is 6.08 Å². The molecule has 0 aromatic carbocycles. The van der Waals surface area contributed by atoms with Crippen LogP contribution in [-0.2, 0) is 33.2 Å². The number of hydrogen-bond acceptors (Lipinski definition) is 18. The van der Waals surface area contributed by atoms with Crippen LogP contribution < -0.4 is 5.32 Å². The number of hydrogen-bond donors (Lipinski definition) is 12. The minimum absolute atomic E-state index is 0.244. The number of aliphatic hydroxyl groups excluding tert-OH is 11. The third kappa shape index (κ3) is 35.5. The van der Waals surface area contributed by atoms with E-state index in [1.165, 1.54) is 141 Å². The monoisotopic (exact) mass is 1310 g/mol. The van der Waals surface area contributed by atoms with E-state index >= 15 is 0 Å². The van der Waals surface area contributed by atoms with Crippen molar-refractivity contribution in [2.75, 3.05) is 26.4 Å². The number of aliphatic hydroxyl groups is 11. The molecule has 92 heavy (non-hydrogen) atoms. The Bertz CT molecular complexity index is 1950. The maximum atomic E-state index is 13.3. The Balaban J connectivity index is 1.21. The predicted octanol–water partition coefficient (Wildman–Crippen LogP) is 10.1. The van der Waals surface area contributed by atoms with Crippen LogP contribution in [0.1, 0.15) is 251 Å². The van der Waals surface area contributed by atoms with Crippen molar-refractivity contribution in [1.82, 2.24) is 5.32 Å². The predicted molar refractivity (Wildman–Crippen MR) is 360 cm³/mol. The van der Waals surface area contributed by atoms with E-state index in [1.807, 2.05) is 6.08 Å². The largest absolute Gasteiger partial charge is 0.394 e. The van der Waals surface area contributed by atoms with Crippen LogP contribution in [0.2, 0.25) is 0 Å². The summed E-state index contributed by atoms with van der Waals surface area (Å²) < 4.78 is 34.2. The summed E-state index contributed by atoms with van der Waals surface area (Å²) in [7, 11) is 0. The smallest absolute Gasteiger partial charge is 0.220 e. The molecule has 17 unspecified atom stereocenters. The van der Waals surface area contributed by atoms with Crippen molar-refractivity contribution in [3.63, 3.8) is 0 Å². The SMILES string of the molecule is CC/C=C\C/C=C\C/C=C\C/C=C\C/C=C\CCCCCCCCCCCCCCCCCCCCCCCCCCCC(=O)NC(COC1OC(CO)C(OC2OC(CO)C(OC3OC(CO)C(O)C(O)C3O)C(O)C2O)C(O)C1O)C(O)/C=C/CCCCCC. The molecular formula is C73H129NO18. The second-order valence-corrected chi connectivity index (χ2v) is 25.7. The van der Waals surface area contributed by atoms with Gasteiger partial charge in [0.15, 0.2) is 18.9 Å². The molecule has 12 N–H and O–H groups in total. The highest BCUT2D eigenvalue weighted by molar-refractivity contribution is 5.76. The van der Waals surface area contributed by atoms with E-state index in [9.17, 15) is 61.0 Å². The van der Waals surface area contributed by atoms with E-state index in [-0.39, 0.29) is 18.9 Å². The second kappa shape index (κ2) is 54.3. The highest BCUT2D eigenvalue weighted by Crippen LogP contribution is 2.33. The summed E-state index contributed by atoms with van der Waals surface area (Å²) in [5.41, 5.74) is 0. The summed E-state index contributed by atoms with van der Waals surface area (Å²) in [5.74, 6) is -0.279. The maximum Gasteiger partial charge on any atom is 0.220 e. The molecule has 0 radical (unpaired) electrons. The van der Waals surface area contributed by atoms with Crippen molar-refractivity contribution in [2.24, 2.45) is 0 Å². The van der Waals surface area contributed by atoms with Gasteiger partial charge in [-0.15, -0.1) is 0 Å². The summed E-state index contributed by atoms with van der Waals surface area (Å²) in [6.45, 7) is 1.52. The average Bonchev–Trinajstić information content (AvgIpc) is 0.817. The topological polar surface area (TPSA) is 307 Å². The van der Waals surface area contributed by atoms with Crippen LogP contribution in [-0.4, -0.2) is 193 Å². The van der Waals surface area contributed by atoms with Crippen molar-refractivity contribution in [3.05, 3.63) is 72.9 Å². The molecule has 0 spiro atoms. The number of unbranched alkanes of at least 4 members (excludes halogenated alkanes) is 29. The first-order valence-corrected chi connectivity index (χ1v) is 36.2. The molecule has 19 nitrogen and oxygen atoms in total. The van der Waals surface area contributed by atoms with Crippen molar-refractivity contribution in [1.29, 1.82) is 0 Å². The van der Waals surface area contributed by atoms with Gasteiger partial charge < -0.3 is 89.9 Å². The van der Waals surface area contributed by atoms with Crippen LogP contribution >= 0.6 is 0 Å². The number of rotatable bonds is 55. The minimum atomic E-state index is -1.98. The zero-order valence-corrected chi connectivity index (χ0v) is 56.5. The molecule has 534 valence electrons. The van der Waals surface area contributed by atoms with Crippen molar-refractivity contribution < 1.29 is 89.4 Å². The summed E-state index contributed by atoms with van der Waals surface area (Å²) in [6, 6.07) is -0.969. The first kappa shape index (κ1) is 83.5. The lowest BCUT2D eigenvalue weighted by molar-refractivity contribution is -0.379. The first-order valence-electron chi connectivity index (χ1n) is 36.2. The fraction of sp³-hybridized carbons (Fsp3) is 0.822. The van der Waals surface area contributed by atoms with Gasteiger partial charge in [-0.05, 0) is 64.2 Å². The van der Waals surface area contributed by atoms with Crippen LogP contribution in [0.15, 0.2) is 72.9 Å². The minimum Gasteiger partial charge on any atom is -0.394 e. The maximum absolute atomic E-state index is 13.3. The van der Waals surface area contributed by atoms with Gasteiger partial charge in [-0.3, -0.25) is 4.79 Å². The molecule has 3 saturated heterocycles. The lowest BCUT2D eigenvalue weighted by Gasteiger charge is -2.48. The van der Waals surface area contributed by atoms with Crippen molar-refractivity contribution >= 4 is 5.91 Å². The Morgan fingerprint density at radius 1 is 0.402 bits per heavy atom. The Kier molecular flexibility index (Phi) is 49.2. The quantitative estimate of drug-likeness (QED) is 0.0199. The Morgan fingerprint density at radius 2 is 0.750 bits per heavy atom. The molecular weight excluding hydrogens is 1180 g/mol. The van der Waals surface area contributed by atoms with Crippen LogP contribution in [0.3, 0.4) is 0 Å². The lowest BCUT2D eigenvalue weighted by Crippen LogP contribution is -2.66. The van der Waals surface area contributed by atoms with E-state index in [2.05, 4.69) is 79.9 Å². The van der Waals surface area contributed by atoms with Crippen LogP contribution in [0.25, 0.3) is 0 Å². The van der Waals surface area contributed by atoms with E-state index in [0.717, 1.165) is 83.5 Å². The molecule has 0 aromatic heterocycles. The fourth-order valence-corrected chi connectivity index (χ4v) is 11.9. The second-order valence-electron chi connectivity index (χ2n) is 25.7. The van der Waals surface area contributed by atoms with Gasteiger partial charge in [-0.25, -0.2) is 0 Å². The highest BCUT2D eigenvalue weighted by Gasteiger charge is 2.53. The summed E-state index contributed by atoms with van der Waals surface area (Å²) >= 11 is 0. The molecule has 1 amide bonds. The van der Waals surface area contributed by atoms with Gasteiger partial charge in [0.2, 0.25) is 5.91 Å². The van der Waals surface area contributed by atoms with Gasteiger partial charge >= 0.3 is 0 Å². The van der Waals surface area contributed by atoms with Crippen molar-refractivity contribution in [2.45, 2.75) is 356 Å². The number of amides is 1. The van der Waals surface area contributed by atoms with Crippen molar-refractivity contribution in [3.8, 4) is 0 Å². The van der Waals surface area contributed by atoms with E-state index in [4.69, 9.17) is 28.4 Å². The molecule has 3 fully saturated rings.